The molecule has 0 aliphatic rings. The minimum atomic E-state index is -0.168. The molecule has 0 unspecified atom stereocenters. The summed E-state index contributed by atoms with van der Waals surface area (Å²) in [7, 11) is 2.13. The van der Waals surface area contributed by atoms with Crippen LogP contribution in [0.15, 0.2) is 0 Å². The van der Waals surface area contributed by atoms with Crippen LogP contribution in [0.5, 0.6) is 0 Å². The standard InChI is InChI=1S/C28H58O4Si2/c1-25(2,3)29-23(30-26(4,5)6)17-15-21-33-19-13-14-20-34-22-16-18-24(31-27(7,8)9)32-28(10,11)12/h23-24H,13-22H2,1-12H3. The molecule has 202 valence electrons. The van der Waals surface area contributed by atoms with E-state index in [1.807, 2.05) is 0 Å². The molecule has 0 atom stereocenters. The summed E-state index contributed by atoms with van der Waals surface area (Å²) in [5.41, 5.74) is -0.670. The summed E-state index contributed by atoms with van der Waals surface area (Å²) >= 11 is 0. The van der Waals surface area contributed by atoms with Crippen LogP contribution in [0.1, 0.15) is 122 Å². The molecule has 0 bridgehead atoms. The zero-order valence-electron chi connectivity index (χ0n) is 24.9. The molecule has 6 heteroatoms. The first kappa shape index (κ1) is 34.3. The van der Waals surface area contributed by atoms with Crippen molar-refractivity contribution >= 4 is 19.0 Å². The Hall–Kier alpha value is 0.274. The molecule has 0 N–H and O–H groups in total. The van der Waals surface area contributed by atoms with Crippen molar-refractivity contribution in [1.29, 1.82) is 0 Å². The second-order valence-electron chi connectivity index (χ2n) is 13.3. The third-order valence-corrected chi connectivity index (χ3v) is 7.31. The van der Waals surface area contributed by atoms with Gasteiger partial charge in [0.05, 0.1) is 22.4 Å². The van der Waals surface area contributed by atoms with E-state index in [9.17, 15) is 0 Å². The van der Waals surface area contributed by atoms with Crippen molar-refractivity contribution in [2.45, 2.75) is 181 Å². The molecule has 0 aromatic heterocycles. The van der Waals surface area contributed by atoms with E-state index >= 15 is 0 Å². The van der Waals surface area contributed by atoms with Crippen LogP contribution in [0.2, 0.25) is 24.2 Å². The highest BCUT2D eigenvalue weighted by Gasteiger charge is 2.25. The lowest BCUT2D eigenvalue weighted by atomic mass is 10.1. The first-order valence-corrected chi connectivity index (χ1v) is 16.3. The molecular weight excluding hydrogens is 456 g/mol. The summed E-state index contributed by atoms with van der Waals surface area (Å²) in [6.07, 6.45) is 6.88. The Labute approximate surface area is 218 Å². The van der Waals surface area contributed by atoms with Gasteiger partial charge in [-0.1, -0.05) is 49.9 Å². The van der Waals surface area contributed by atoms with Crippen LogP contribution in [0.3, 0.4) is 0 Å². The molecule has 34 heavy (non-hydrogen) atoms. The fourth-order valence-corrected chi connectivity index (χ4v) is 5.81. The van der Waals surface area contributed by atoms with E-state index < -0.39 is 0 Å². The third kappa shape index (κ3) is 25.4. The van der Waals surface area contributed by atoms with E-state index in [2.05, 4.69) is 83.1 Å². The van der Waals surface area contributed by atoms with Gasteiger partial charge in [-0.25, -0.2) is 0 Å². The highest BCUT2D eigenvalue weighted by molar-refractivity contribution is 6.36. The summed E-state index contributed by atoms with van der Waals surface area (Å²) < 4.78 is 24.5. The molecule has 0 saturated carbocycles. The topological polar surface area (TPSA) is 36.9 Å². The Kier molecular flexibility index (Phi) is 16.3. The van der Waals surface area contributed by atoms with Crippen LogP contribution in [0.4, 0.5) is 0 Å². The van der Waals surface area contributed by atoms with Crippen molar-refractivity contribution < 1.29 is 18.9 Å². The van der Waals surface area contributed by atoms with Gasteiger partial charge in [-0.15, -0.1) is 0 Å². The van der Waals surface area contributed by atoms with Crippen molar-refractivity contribution in [2.75, 3.05) is 0 Å². The van der Waals surface area contributed by atoms with Gasteiger partial charge in [0.1, 0.15) is 0 Å². The molecule has 0 fully saturated rings. The number of rotatable bonds is 17. The quantitative estimate of drug-likeness (QED) is 0.111. The van der Waals surface area contributed by atoms with Gasteiger partial charge < -0.3 is 18.9 Å². The molecule has 0 aromatic rings. The van der Waals surface area contributed by atoms with E-state index in [1.54, 1.807) is 0 Å². The van der Waals surface area contributed by atoms with Crippen LogP contribution in [0, 0.1) is 0 Å². The first-order chi connectivity index (χ1) is 15.4. The van der Waals surface area contributed by atoms with Crippen LogP contribution >= 0.6 is 0 Å². The molecule has 0 saturated heterocycles. The monoisotopic (exact) mass is 514 g/mol. The fourth-order valence-electron chi connectivity index (χ4n) is 3.40. The van der Waals surface area contributed by atoms with Crippen LogP contribution in [-0.2, 0) is 18.9 Å². The van der Waals surface area contributed by atoms with Gasteiger partial charge in [0.25, 0.3) is 0 Å². The highest BCUT2D eigenvalue weighted by atomic mass is 28.2. The number of unbranched alkanes of at least 4 members (excludes halogenated alkanes) is 1. The van der Waals surface area contributed by atoms with Crippen LogP contribution < -0.4 is 0 Å². The number of ether oxygens (including phenoxy) is 4. The van der Waals surface area contributed by atoms with E-state index in [1.165, 1.54) is 49.9 Å². The van der Waals surface area contributed by atoms with E-state index in [-0.39, 0.29) is 35.0 Å². The van der Waals surface area contributed by atoms with Crippen molar-refractivity contribution in [3.8, 4) is 0 Å². The van der Waals surface area contributed by atoms with Crippen LogP contribution in [-0.4, -0.2) is 54.0 Å². The van der Waals surface area contributed by atoms with Gasteiger partial charge in [0.15, 0.2) is 12.6 Å². The lowest BCUT2D eigenvalue weighted by Gasteiger charge is -2.32. The van der Waals surface area contributed by atoms with Crippen molar-refractivity contribution in [3.05, 3.63) is 0 Å². The summed E-state index contributed by atoms with van der Waals surface area (Å²) in [5, 5.41) is 0. The summed E-state index contributed by atoms with van der Waals surface area (Å²) in [6.45, 7) is 25.2. The van der Waals surface area contributed by atoms with Crippen molar-refractivity contribution in [1.82, 2.24) is 0 Å². The maximum atomic E-state index is 6.13. The Balaban J connectivity index is 3.87. The Morgan fingerprint density at radius 2 is 0.647 bits per heavy atom. The minimum Gasteiger partial charge on any atom is -0.347 e. The van der Waals surface area contributed by atoms with Crippen LogP contribution in [0.25, 0.3) is 0 Å². The van der Waals surface area contributed by atoms with Gasteiger partial charge in [-0.2, -0.15) is 0 Å². The molecule has 0 aliphatic heterocycles. The maximum Gasteiger partial charge on any atom is 0.158 e. The average Bonchev–Trinajstić information content (AvgIpc) is 2.56. The maximum absolute atomic E-state index is 6.13. The summed E-state index contributed by atoms with van der Waals surface area (Å²) in [5.74, 6) is 0. The average molecular weight is 515 g/mol. The minimum absolute atomic E-state index is 0.104. The number of hydrogen-bond donors (Lipinski definition) is 0. The van der Waals surface area contributed by atoms with Gasteiger partial charge in [-0.3, -0.25) is 0 Å². The van der Waals surface area contributed by atoms with Gasteiger partial charge >= 0.3 is 0 Å². The SMILES string of the molecule is CC(C)(C)OC(CCC[Si]CCCC[Si]CCCC(OC(C)(C)C)OC(C)(C)C)OC(C)(C)C. The Morgan fingerprint density at radius 1 is 0.412 bits per heavy atom. The zero-order valence-corrected chi connectivity index (χ0v) is 26.9. The van der Waals surface area contributed by atoms with Gasteiger partial charge in [-0.05, 0) is 95.9 Å². The highest BCUT2D eigenvalue weighted by Crippen LogP contribution is 2.23. The van der Waals surface area contributed by atoms with Crippen molar-refractivity contribution in [2.24, 2.45) is 0 Å². The van der Waals surface area contributed by atoms with E-state index in [0.29, 0.717) is 0 Å². The molecule has 0 spiro atoms. The fraction of sp³-hybridized carbons (Fsp3) is 1.00. The molecule has 0 rings (SSSR count). The lowest BCUT2D eigenvalue weighted by molar-refractivity contribution is -0.236. The summed E-state index contributed by atoms with van der Waals surface area (Å²) in [6, 6.07) is 5.33. The largest absolute Gasteiger partial charge is 0.347 e. The lowest BCUT2D eigenvalue weighted by Crippen LogP contribution is -2.35. The molecule has 0 heterocycles. The van der Waals surface area contributed by atoms with Gasteiger partial charge in [0.2, 0.25) is 0 Å². The molecule has 0 aromatic carbocycles. The predicted molar refractivity (Wildman–Crippen MR) is 149 cm³/mol. The third-order valence-electron chi connectivity index (χ3n) is 4.48. The van der Waals surface area contributed by atoms with E-state index in [4.69, 9.17) is 18.9 Å². The normalized spacial score (nSPS) is 13.9. The smallest absolute Gasteiger partial charge is 0.158 e. The summed E-state index contributed by atoms with van der Waals surface area (Å²) in [4.78, 5) is 0. The van der Waals surface area contributed by atoms with E-state index in [0.717, 1.165) is 31.9 Å². The first-order valence-electron chi connectivity index (χ1n) is 13.5. The Morgan fingerprint density at radius 3 is 0.882 bits per heavy atom. The molecular formula is C28H58O4Si2. The molecule has 4 nitrogen and oxygen atoms in total. The molecule has 0 aliphatic carbocycles. The predicted octanol–water partition coefficient (Wildman–Crippen LogP) is 8.32. The Bertz CT molecular complexity index is 420. The second-order valence-corrected chi connectivity index (χ2v) is 16.3. The molecule has 0 amide bonds. The van der Waals surface area contributed by atoms with Gasteiger partial charge in [0, 0.05) is 19.0 Å². The van der Waals surface area contributed by atoms with Crippen molar-refractivity contribution in [3.63, 3.8) is 0 Å². The second kappa shape index (κ2) is 16.2. The zero-order chi connectivity index (χ0) is 26.5. The number of hydrogen-bond acceptors (Lipinski definition) is 4. The molecule has 4 radical (unpaired) electrons.